The first-order valence-corrected chi connectivity index (χ1v) is 35.3. The van der Waals surface area contributed by atoms with Crippen molar-refractivity contribution in [3.8, 4) is 0 Å². The Morgan fingerprint density at radius 1 is 0.346 bits per heavy atom. The van der Waals surface area contributed by atoms with Crippen molar-refractivity contribution in [2.45, 2.75) is 311 Å². The number of carbonyl (C=O) groups excluding carboxylic acids is 4. The number of ether oxygens (including phenoxy) is 4. The molecular weight excluding hydrogens is 1080 g/mol. The topological polar surface area (TPSA) is 237 Å². The summed E-state index contributed by atoms with van der Waals surface area (Å²) in [7, 11) is -9.89. The Hall–Kier alpha value is -1.94. The number of unbranched alkanes of at least 4 members (excludes halogenated alkanes) is 23. The van der Waals surface area contributed by atoms with Gasteiger partial charge in [0.05, 0.1) is 26.4 Å². The molecule has 0 aliphatic carbocycles. The van der Waals surface area contributed by atoms with Crippen LogP contribution in [0, 0.1) is 23.7 Å². The molecule has 0 aliphatic heterocycles. The van der Waals surface area contributed by atoms with Crippen LogP contribution < -0.4 is 0 Å². The highest BCUT2D eigenvalue weighted by Gasteiger charge is 2.30. The Balaban J connectivity index is 5.26. The quantitative estimate of drug-likeness (QED) is 0.0222. The van der Waals surface area contributed by atoms with Crippen molar-refractivity contribution in [3.63, 3.8) is 0 Å². The smallest absolute Gasteiger partial charge is 0.462 e. The molecule has 0 rings (SSSR count). The van der Waals surface area contributed by atoms with Crippen molar-refractivity contribution < 1.29 is 80.2 Å². The van der Waals surface area contributed by atoms with Gasteiger partial charge in [-0.1, -0.05) is 242 Å². The molecule has 0 heterocycles. The summed E-state index contributed by atoms with van der Waals surface area (Å²) in [4.78, 5) is 72.1. The molecule has 0 fully saturated rings. The molecule has 0 aliphatic rings. The van der Waals surface area contributed by atoms with Gasteiger partial charge in [-0.25, -0.2) is 9.13 Å². The monoisotopic (exact) mass is 1200 g/mol. The lowest BCUT2D eigenvalue weighted by molar-refractivity contribution is -0.161. The number of rotatable bonds is 59. The maximum Gasteiger partial charge on any atom is 0.472 e. The lowest BCUT2D eigenvalue weighted by Gasteiger charge is -2.21. The zero-order valence-corrected chi connectivity index (χ0v) is 54.2. The highest BCUT2D eigenvalue weighted by molar-refractivity contribution is 7.47. The Morgan fingerprint density at radius 3 is 0.877 bits per heavy atom. The minimum Gasteiger partial charge on any atom is -0.462 e. The largest absolute Gasteiger partial charge is 0.472 e. The van der Waals surface area contributed by atoms with Crippen molar-refractivity contribution >= 4 is 39.5 Å². The van der Waals surface area contributed by atoms with E-state index in [0.29, 0.717) is 31.6 Å². The standard InChI is InChI=1S/C62H120O17P2/c1-9-54(7)40-32-24-17-20-27-35-43-60(65)73-49-58(79-62(67)45-37-29-21-18-25-33-41-55(8)10-2)51-77-81(70,71)75-47-56(63)46-74-80(68,69)76-50-57(48-72-59(64)42-34-26-19-16-23-31-39-53(5)6)78-61(66)44-36-28-15-13-11-12-14-22-30-38-52(3)4/h52-58,63H,9-51H2,1-8H3,(H,68,69)(H,70,71)/t54?,55?,56-,57+,58+/m0/s1. The Morgan fingerprint density at radius 2 is 0.593 bits per heavy atom. The van der Waals surface area contributed by atoms with Crippen LogP contribution >= 0.6 is 15.6 Å². The van der Waals surface area contributed by atoms with E-state index in [-0.39, 0.29) is 25.7 Å². The molecule has 0 aromatic carbocycles. The summed E-state index contributed by atoms with van der Waals surface area (Å²) in [6.45, 7) is 13.9. The summed E-state index contributed by atoms with van der Waals surface area (Å²) >= 11 is 0. The molecule has 7 atom stereocenters. The molecule has 0 radical (unpaired) electrons. The maximum atomic E-state index is 12.9. The molecule has 0 bridgehead atoms. The molecule has 0 aromatic rings. The number of carbonyl (C=O) groups is 4. The summed E-state index contributed by atoms with van der Waals surface area (Å²) in [5.74, 6) is 0.720. The summed E-state index contributed by atoms with van der Waals surface area (Å²) in [6.07, 6.45) is 30.9. The number of aliphatic hydroxyl groups is 1. The van der Waals surface area contributed by atoms with Crippen molar-refractivity contribution in [1.82, 2.24) is 0 Å². The van der Waals surface area contributed by atoms with E-state index in [2.05, 4.69) is 55.4 Å². The summed E-state index contributed by atoms with van der Waals surface area (Å²) in [5, 5.41) is 10.5. The van der Waals surface area contributed by atoms with Crippen molar-refractivity contribution in [3.05, 3.63) is 0 Å². The van der Waals surface area contributed by atoms with E-state index < -0.39 is 97.5 Å². The van der Waals surface area contributed by atoms with Gasteiger partial charge in [0.1, 0.15) is 19.3 Å². The lowest BCUT2D eigenvalue weighted by Crippen LogP contribution is -2.30. The second-order valence-corrected chi connectivity index (χ2v) is 26.8. The Labute approximate surface area is 492 Å². The zero-order chi connectivity index (χ0) is 60.4. The third kappa shape index (κ3) is 54.5. The average Bonchev–Trinajstić information content (AvgIpc) is 3.42. The van der Waals surface area contributed by atoms with Crippen LogP contribution in [0.1, 0.15) is 293 Å². The predicted molar refractivity (Wildman–Crippen MR) is 321 cm³/mol. The summed E-state index contributed by atoms with van der Waals surface area (Å²) in [5.41, 5.74) is 0. The zero-order valence-electron chi connectivity index (χ0n) is 52.4. The molecule has 0 amide bonds. The van der Waals surface area contributed by atoms with Crippen molar-refractivity contribution in [2.75, 3.05) is 39.6 Å². The van der Waals surface area contributed by atoms with E-state index in [1.807, 2.05) is 0 Å². The number of phosphoric ester groups is 2. The van der Waals surface area contributed by atoms with Gasteiger partial charge in [0.15, 0.2) is 12.2 Å². The van der Waals surface area contributed by atoms with Crippen LogP contribution in [0.2, 0.25) is 0 Å². The van der Waals surface area contributed by atoms with E-state index in [1.165, 1.54) is 83.5 Å². The molecule has 19 heteroatoms. The minimum atomic E-state index is -4.94. The van der Waals surface area contributed by atoms with Gasteiger partial charge in [-0.05, 0) is 49.4 Å². The number of phosphoric acid groups is 2. The molecule has 0 saturated carbocycles. The first kappa shape index (κ1) is 79.1. The van der Waals surface area contributed by atoms with Gasteiger partial charge < -0.3 is 33.8 Å². The molecule has 3 N–H and O–H groups in total. The van der Waals surface area contributed by atoms with Crippen LogP contribution in [-0.4, -0.2) is 96.7 Å². The predicted octanol–water partition coefficient (Wildman–Crippen LogP) is 16.6. The second kappa shape index (κ2) is 52.4. The van der Waals surface area contributed by atoms with Gasteiger partial charge >= 0.3 is 39.5 Å². The highest BCUT2D eigenvalue weighted by Crippen LogP contribution is 2.45. The molecular formula is C62H120O17P2. The SMILES string of the molecule is CCC(C)CCCCCCCCC(=O)OC[C@H](COP(=O)(O)OC[C@@H](O)COP(=O)(O)OC[C@@H](COC(=O)CCCCCCCCC(C)C)OC(=O)CCCCCCCCCCCC(C)C)OC(=O)CCCCCCCCC(C)CC. The fraction of sp³-hybridized carbons (Fsp3) is 0.935. The third-order valence-electron chi connectivity index (χ3n) is 14.8. The van der Waals surface area contributed by atoms with Gasteiger partial charge in [-0.2, -0.15) is 0 Å². The fourth-order valence-corrected chi connectivity index (χ4v) is 10.6. The summed E-state index contributed by atoms with van der Waals surface area (Å²) in [6, 6.07) is 0. The second-order valence-electron chi connectivity index (χ2n) is 23.9. The van der Waals surface area contributed by atoms with Crippen LogP contribution in [0.15, 0.2) is 0 Å². The fourth-order valence-electron chi connectivity index (χ4n) is 9.01. The molecule has 17 nitrogen and oxygen atoms in total. The highest BCUT2D eigenvalue weighted by atomic mass is 31.2. The van der Waals surface area contributed by atoms with E-state index >= 15 is 0 Å². The van der Waals surface area contributed by atoms with Crippen molar-refractivity contribution in [1.29, 1.82) is 0 Å². The minimum absolute atomic E-state index is 0.101. The Kier molecular flexibility index (Phi) is 51.1. The lowest BCUT2D eigenvalue weighted by atomic mass is 10.00. The van der Waals surface area contributed by atoms with Crippen LogP contribution in [0.5, 0.6) is 0 Å². The first-order valence-electron chi connectivity index (χ1n) is 32.3. The molecule has 81 heavy (non-hydrogen) atoms. The average molecular weight is 1200 g/mol. The first-order chi connectivity index (χ1) is 38.7. The van der Waals surface area contributed by atoms with E-state index in [4.69, 9.17) is 37.0 Å². The van der Waals surface area contributed by atoms with Crippen LogP contribution in [0.4, 0.5) is 0 Å². The van der Waals surface area contributed by atoms with E-state index in [0.717, 1.165) is 120 Å². The van der Waals surface area contributed by atoms with E-state index in [9.17, 15) is 43.2 Å². The molecule has 0 aromatic heterocycles. The molecule has 480 valence electrons. The van der Waals surface area contributed by atoms with Gasteiger partial charge in [-0.15, -0.1) is 0 Å². The third-order valence-corrected chi connectivity index (χ3v) is 16.7. The van der Waals surface area contributed by atoms with Gasteiger partial charge in [0, 0.05) is 25.7 Å². The number of hydrogen-bond acceptors (Lipinski definition) is 15. The number of esters is 4. The maximum absolute atomic E-state index is 12.9. The van der Waals surface area contributed by atoms with Crippen LogP contribution in [-0.2, 0) is 65.4 Å². The van der Waals surface area contributed by atoms with Gasteiger partial charge in [0.25, 0.3) is 0 Å². The van der Waals surface area contributed by atoms with Gasteiger partial charge in [-0.3, -0.25) is 37.3 Å². The van der Waals surface area contributed by atoms with Crippen LogP contribution in [0.3, 0.4) is 0 Å². The van der Waals surface area contributed by atoms with Crippen molar-refractivity contribution in [2.24, 2.45) is 23.7 Å². The molecule has 4 unspecified atom stereocenters. The van der Waals surface area contributed by atoms with Crippen LogP contribution in [0.25, 0.3) is 0 Å². The number of aliphatic hydroxyl groups excluding tert-OH is 1. The molecule has 0 spiro atoms. The normalized spacial score (nSPS) is 15.2. The summed E-state index contributed by atoms with van der Waals surface area (Å²) < 4.78 is 67.9. The number of hydrogen-bond donors (Lipinski definition) is 3. The van der Waals surface area contributed by atoms with E-state index in [1.54, 1.807) is 0 Å². The Bertz CT molecular complexity index is 1630. The molecule has 0 saturated heterocycles. The van der Waals surface area contributed by atoms with Gasteiger partial charge in [0.2, 0.25) is 0 Å².